The lowest BCUT2D eigenvalue weighted by molar-refractivity contribution is -0.126. The van der Waals surface area contributed by atoms with Crippen molar-refractivity contribution in [3.8, 4) is 0 Å². The van der Waals surface area contributed by atoms with E-state index in [-0.39, 0.29) is 35.5 Å². The molecule has 1 aliphatic heterocycles. The van der Waals surface area contributed by atoms with Gasteiger partial charge in [-0.2, -0.15) is 4.37 Å². The van der Waals surface area contributed by atoms with E-state index < -0.39 is 29.6 Å². The van der Waals surface area contributed by atoms with Crippen molar-refractivity contribution in [2.24, 2.45) is 5.73 Å². The fourth-order valence-corrected chi connectivity index (χ4v) is 4.61. The number of nitrogen functional groups attached to an aromatic ring is 1. The Morgan fingerprint density at radius 1 is 1.26 bits per heavy atom. The number of primary amides is 1. The lowest BCUT2D eigenvalue weighted by Crippen LogP contribution is -2.45. The van der Waals surface area contributed by atoms with E-state index in [0.29, 0.717) is 29.5 Å². The maximum Gasteiger partial charge on any atom is 0.270 e. The quantitative estimate of drug-likeness (QED) is 0.406. The number of carbonyl (C=O) groups is 3. The molecule has 2 atom stereocenters. The number of ether oxygens (including phenoxy) is 1. The number of amides is 3. The number of nitrogens with zero attached hydrogens (tertiary/aromatic N) is 2. The van der Waals surface area contributed by atoms with Gasteiger partial charge < -0.3 is 30.8 Å². The van der Waals surface area contributed by atoms with Crippen LogP contribution < -0.4 is 16.8 Å². The number of carbonyl (C=O) groups excluding carboxylic acids is 3. The highest BCUT2D eigenvalue weighted by molar-refractivity contribution is 7.09. The first-order valence-corrected chi connectivity index (χ1v) is 11.7. The molecule has 5 N–H and O–H groups in total. The molecule has 3 aromatic rings. The Morgan fingerprint density at radius 2 is 2.03 bits per heavy atom. The van der Waals surface area contributed by atoms with Crippen LogP contribution in [0.25, 0.3) is 0 Å². The van der Waals surface area contributed by atoms with Crippen LogP contribution in [0.2, 0.25) is 0 Å². The third-order valence-electron chi connectivity index (χ3n) is 5.60. The van der Waals surface area contributed by atoms with Crippen LogP contribution in [-0.2, 0) is 16.1 Å². The first-order chi connectivity index (χ1) is 16.8. The van der Waals surface area contributed by atoms with Gasteiger partial charge in [0.2, 0.25) is 5.91 Å². The number of halogens is 1. The van der Waals surface area contributed by atoms with Gasteiger partial charge in [-0.1, -0.05) is 12.1 Å². The molecule has 2 aromatic heterocycles. The molecule has 184 valence electrons. The van der Waals surface area contributed by atoms with Gasteiger partial charge in [-0.3, -0.25) is 14.4 Å². The van der Waals surface area contributed by atoms with Crippen molar-refractivity contribution in [1.29, 1.82) is 0 Å². The van der Waals surface area contributed by atoms with Crippen LogP contribution in [0, 0.1) is 5.82 Å². The van der Waals surface area contributed by atoms with Gasteiger partial charge in [0.1, 0.15) is 22.5 Å². The molecule has 3 heterocycles. The first kappa shape index (κ1) is 24.4. The molecule has 10 nitrogen and oxygen atoms in total. The number of benzene rings is 1. The molecule has 35 heavy (non-hydrogen) atoms. The maximum absolute atomic E-state index is 13.7. The summed E-state index contributed by atoms with van der Waals surface area (Å²) in [6, 6.07) is 7.40. The molecule has 1 saturated heterocycles. The topological polar surface area (TPSA) is 154 Å². The van der Waals surface area contributed by atoms with Gasteiger partial charge in [-0.05, 0) is 54.2 Å². The van der Waals surface area contributed by atoms with E-state index in [9.17, 15) is 18.8 Å². The highest BCUT2D eigenvalue weighted by Crippen LogP contribution is 2.30. The zero-order valence-electron chi connectivity index (χ0n) is 18.6. The molecule has 0 unspecified atom stereocenters. The van der Waals surface area contributed by atoms with Crippen LogP contribution in [0.1, 0.15) is 50.4 Å². The van der Waals surface area contributed by atoms with Crippen molar-refractivity contribution in [2.45, 2.75) is 31.5 Å². The Balaban J connectivity index is 1.72. The van der Waals surface area contributed by atoms with Crippen molar-refractivity contribution < 1.29 is 27.9 Å². The summed E-state index contributed by atoms with van der Waals surface area (Å²) in [7, 11) is 0. The summed E-state index contributed by atoms with van der Waals surface area (Å²) in [5.41, 5.74) is 11.3. The number of aromatic nitrogens is 1. The molecule has 3 amide bonds. The number of hydrogen-bond acceptors (Lipinski definition) is 8. The van der Waals surface area contributed by atoms with Gasteiger partial charge >= 0.3 is 0 Å². The largest absolute Gasteiger partial charge is 0.467 e. The molecule has 1 aliphatic rings. The smallest absolute Gasteiger partial charge is 0.270 e. The number of furan rings is 1. The number of rotatable bonds is 9. The normalized spacial score (nSPS) is 16.1. The Morgan fingerprint density at radius 3 is 2.63 bits per heavy atom. The second-order valence-electron chi connectivity index (χ2n) is 7.98. The number of anilines is 1. The van der Waals surface area contributed by atoms with E-state index >= 15 is 0 Å². The fraction of sp³-hybridized carbons (Fsp3) is 0.304. The number of hydrogen-bond donors (Lipinski definition) is 3. The molecule has 1 aromatic carbocycles. The SMILES string of the molecule is NC(=O)c1nsc(C(=O)N(Cc2ccco2)[C@@H](C(=O)NC[C@H]2CCCO2)c2ccc(F)cc2)c1N. The summed E-state index contributed by atoms with van der Waals surface area (Å²) < 4.78 is 28.6. The van der Waals surface area contributed by atoms with Gasteiger partial charge in [0, 0.05) is 13.2 Å². The summed E-state index contributed by atoms with van der Waals surface area (Å²) in [6.07, 6.45) is 3.02. The molecule has 12 heteroatoms. The molecule has 0 aliphatic carbocycles. The van der Waals surface area contributed by atoms with E-state index in [2.05, 4.69) is 9.69 Å². The van der Waals surface area contributed by atoms with Crippen LogP contribution in [0.4, 0.5) is 10.1 Å². The van der Waals surface area contributed by atoms with Crippen molar-refractivity contribution in [2.75, 3.05) is 18.9 Å². The van der Waals surface area contributed by atoms with Crippen LogP contribution >= 0.6 is 11.5 Å². The standard InChI is InChI=1S/C23H24FN5O5S/c24-14-7-5-13(6-8-14)19(22(31)27-11-15-3-1-9-33-15)29(12-16-4-2-10-34-16)23(32)20-17(25)18(21(26)30)28-35-20/h2,4-8,10,15,19H,1,3,9,11-12,25H2,(H2,26,30)(H,27,31)/t15-,19-/m1/s1. The predicted molar refractivity (Wildman–Crippen MR) is 125 cm³/mol. The molecule has 0 radical (unpaired) electrons. The van der Waals surface area contributed by atoms with Gasteiger partial charge in [-0.25, -0.2) is 4.39 Å². The van der Waals surface area contributed by atoms with Crippen LogP contribution in [0.5, 0.6) is 0 Å². The van der Waals surface area contributed by atoms with Gasteiger partial charge in [0.25, 0.3) is 11.8 Å². The van der Waals surface area contributed by atoms with Crippen LogP contribution in [0.3, 0.4) is 0 Å². The molecule has 1 fully saturated rings. The van der Waals surface area contributed by atoms with Gasteiger partial charge in [-0.15, -0.1) is 0 Å². The second kappa shape index (κ2) is 10.7. The van der Waals surface area contributed by atoms with E-state index in [4.69, 9.17) is 20.6 Å². The maximum atomic E-state index is 13.7. The monoisotopic (exact) mass is 501 g/mol. The predicted octanol–water partition coefficient (Wildman–Crippen LogP) is 2.24. The molecule has 0 spiro atoms. The summed E-state index contributed by atoms with van der Waals surface area (Å²) >= 11 is 0.705. The van der Waals surface area contributed by atoms with Crippen LogP contribution in [0.15, 0.2) is 47.1 Å². The minimum atomic E-state index is -1.17. The number of nitrogens with two attached hydrogens (primary N) is 2. The van der Waals surface area contributed by atoms with Crippen molar-refractivity contribution in [3.63, 3.8) is 0 Å². The first-order valence-electron chi connectivity index (χ1n) is 10.9. The molecule has 0 saturated carbocycles. The van der Waals surface area contributed by atoms with Crippen molar-refractivity contribution in [1.82, 2.24) is 14.6 Å². The lowest BCUT2D eigenvalue weighted by atomic mass is 10.0. The Hall–Kier alpha value is -3.77. The van der Waals surface area contributed by atoms with E-state index in [1.807, 2.05) is 0 Å². The average Bonchev–Trinajstić information content (AvgIpc) is 3.60. The summed E-state index contributed by atoms with van der Waals surface area (Å²) in [5.74, 6) is -2.12. The third kappa shape index (κ3) is 5.49. The zero-order chi connectivity index (χ0) is 24.9. The van der Waals surface area contributed by atoms with Crippen molar-refractivity contribution in [3.05, 3.63) is 70.4 Å². The average molecular weight is 502 g/mol. The molecular formula is C23H24FN5O5S. The highest BCUT2D eigenvalue weighted by Gasteiger charge is 2.35. The van der Waals surface area contributed by atoms with E-state index in [1.54, 1.807) is 12.1 Å². The fourth-order valence-electron chi connectivity index (χ4n) is 3.84. The molecular weight excluding hydrogens is 477 g/mol. The minimum Gasteiger partial charge on any atom is -0.467 e. The van der Waals surface area contributed by atoms with E-state index in [1.165, 1.54) is 35.4 Å². The number of nitrogens with one attached hydrogen (secondary N) is 1. The summed E-state index contributed by atoms with van der Waals surface area (Å²) in [5, 5.41) is 2.84. The third-order valence-corrected chi connectivity index (χ3v) is 6.45. The summed E-state index contributed by atoms with van der Waals surface area (Å²) in [6.45, 7) is 0.774. The second-order valence-corrected chi connectivity index (χ2v) is 8.76. The highest BCUT2D eigenvalue weighted by atomic mass is 32.1. The summed E-state index contributed by atoms with van der Waals surface area (Å²) in [4.78, 5) is 40.0. The Bertz CT molecular complexity index is 1190. The Labute approximate surface area is 204 Å². The van der Waals surface area contributed by atoms with Crippen molar-refractivity contribution >= 4 is 34.9 Å². The molecule has 4 rings (SSSR count). The van der Waals surface area contributed by atoms with Gasteiger partial charge in [0.05, 0.1) is 24.6 Å². The van der Waals surface area contributed by atoms with Crippen LogP contribution in [-0.4, -0.2) is 46.3 Å². The zero-order valence-corrected chi connectivity index (χ0v) is 19.4. The minimum absolute atomic E-state index is 0.0515. The van der Waals surface area contributed by atoms with Gasteiger partial charge in [0.15, 0.2) is 5.69 Å². The lowest BCUT2D eigenvalue weighted by Gasteiger charge is -2.31. The molecule has 0 bridgehead atoms. The Kier molecular flexibility index (Phi) is 7.42. The van der Waals surface area contributed by atoms with E-state index in [0.717, 1.165) is 12.8 Å².